The maximum Gasteiger partial charge on any atom is 0.304 e. The van der Waals surface area contributed by atoms with Crippen molar-refractivity contribution in [2.24, 2.45) is 0 Å². The Morgan fingerprint density at radius 2 is 1.88 bits per heavy atom. The molecule has 0 aromatic rings. The normalized spacial score (nSPS) is 10.3. The first-order chi connectivity index (χ1) is 8.04. The van der Waals surface area contributed by atoms with E-state index in [0.29, 0.717) is 26.2 Å². The summed E-state index contributed by atoms with van der Waals surface area (Å²) in [5.41, 5.74) is 0. The number of aliphatic carboxylic acids is 1. The number of hydrogen-bond acceptors (Lipinski definition) is 3. The number of likely N-dealkylation sites (N-methyl/N-ethyl adjacent to an activating group) is 1. The van der Waals surface area contributed by atoms with Gasteiger partial charge in [0.05, 0.1) is 13.0 Å². The van der Waals surface area contributed by atoms with Crippen LogP contribution in [0.1, 0.15) is 20.3 Å². The van der Waals surface area contributed by atoms with Crippen molar-refractivity contribution in [3.05, 3.63) is 12.7 Å². The fourth-order valence-corrected chi connectivity index (χ4v) is 1.54. The summed E-state index contributed by atoms with van der Waals surface area (Å²) >= 11 is 0. The van der Waals surface area contributed by atoms with Crippen molar-refractivity contribution in [2.75, 3.05) is 32.7 Å². The molecule has 0 radical (unpaired) electrons. The minimum Gasteiger partial charge on any atom is -0.481 e. The van der Waals surface area contributed by atoms with Gasteiger partial charge in [0.2, 0.25) is 5.91 Å². The van der Waals surface area contributed by atoms with Crippen molar-refractivity contribution >= 4 is 11.9 Å². The van der Waals surface area contributed by atoms with Gasteiger partial charge in [-0.15, -0.1) is 6.58 Å². The summed E-state index contributed by atoms with van der Waals surface area (Å²) < 4.78 is 0. The summed E-state index contributed by atoms with van der Waals surface area (Å²) in [6.07, 6.45) is 1.72. The molecule has 0 aliphatic rings. The highest BCUT2D eigenvalue weighted by atomic mass is 16.4. The summed E-state index contributed by atoms with van der Waals surface area (Å²) in [4.78, 5) is 25.9. The average molecular weight is 242 g/mol. The van der Waals surface area contributed by atoms with E-state index >= 15 is 0 Å². The van der Waals surface area contributed by atoms with Gasteiger partial charge in [-0.2, -0.15) is 0 Å². The monoisotopic (exact) mass is 242 g/mol. The first kappa shape index (κ1) is 15.6. The predicted molar refractivity (Wildman–Crippen MR) is 66.8 cm³/mol. The molecule has 0 spiro atoms. The van der Waals surface area contributed by atoms with Crippen LogP contribution in [-0.4, -0.2) is 59.5 Å². The van der Waals surface area contributed by atoms with Crippen LogP contribution >= 0.6 is 0 Å². The van der Waals surface area contributed by atoms with Gasteiger partial charge in [-0.3, -0.25) is 14.5 Å². The van der Waals surface area contributed by atoms with E-state index < -0.39 is 5.97 Å². The van der Waals surface area contributed by atoms with Crippen molar-refractivity contribution in [3.63, 3.8) is 0 Å². The number of carbonyl (C=O) groups is 2. The number of carboxylic acids is 1. The Hall–Kier alpha value is -1.36. The van der Waals surface area contributed by atoms with Crippen LogP contribution in [0, 0.1) is 0 Å². The summed E-state index contributed by atoms with van der Waals surface area (Å²) in [7, 11) is 0. The third-order valence-corrected chi connectivity index (χ3v) is 2.50. The van der Waals surface area contributed by atoms with Crippen molar-refractivity contribution in [3.8, 4) is 0 Å². The van der Waals surface area contributed by atoms with Crippen LogP contribution in [0.3, 0.4) is 0 Å². The summed E-state index contributed by atoms with van der Waals surface area (Å²) in [6, 6.07) is 0. The van der Waals surface area contributed by atoms with E-state index in [1.54, 1.807) is 15.9 Å². The Morgan fingerprint density at radius 1 is 1.29 bits per heavy atom. The first-order valence-corrected chi connectivity index (χ1v) is 5.87. The molecule has 0 unspecified atom stereocenters. The fourth-order valence-electron chi connectivity index (χ4n) is 1.54. The van der Waals surface area contributed by atoms with Gasteiger partial charge in [0.1, 0.15) is 0 Å². The van der Waals surface area contributed by atoms with Gasteiger partial charge in [0.25, 0.3) is 0 Å². The van der Waals surface area contributed by atoms with E-state index in [0.717, 1.165) is 0 Å². The Morgan fingerprint density at radius 3 is 2.29 bits per heavy atom. The minimum absolute atomic E-state index is 0.0299. The van der Waals surface area contributed by atoms with Gasteiger partial charge in [-0.05, 0) is 13.8 Å². The Labute approximate surface area is 103 Å². The molecule has 0 saturated carbocycles. The molecule has 0 aromatic heterocycles. The van der Waals surface area contributed by atoms with E-state index in [2.05, 4.69) is 6.58 Å². The van der Waals surface area contributed by atoms with Gasteiger partial charge in [-0.25, -0.2) is 0 Å². The molecule has 1 amide bonds. The zero-order chi connectivity index (χ0) is 13.3. The highest BCUT2D eigenvalue weighted by Crippen LogP contribution is 1.97. The average Bonchev–Trinajstić information content (AvgIpc) is 2.27. The Kier molecular flexibility index (Phi) is 8.05. The molecule has 0 atom stereocenters. The van der Waals surface area contributed by atoms with Crippen LogP contribution in [0.25, 0.3) is 0 Å². The lowest BCUT2D eigenvalue weighted by Crippen LogP contribution is -2.41. The number of carbonyl (C=O) groups excluding carboxylic acids is 1. The van der Waals surface area contributed by atoms with Crippen LogP contribution in [0.5, 0.6) is 0 Å². The molecule has 0 aliphatic heterocycles. The molecule has 0 rings (SSSR count). The number of rotatable bonds is 9. The SMILES string of the molecule is C=CCN(CCC(=O)O)CC(=O)N(CC)CC. The molecule has 0 saturated heterocycles. The largest absolute Gasteiger partial charge is 0.481 e. The van der Waals surface area contributed by atoms with E-state index in [-0.39, 0.29) is 18.9 Å². The second-order valence-corrected chi connectivity index (χ2v) is 3.73. The van der Waals surface area contributed by atoms with E-state index in [4.69, 9.17) is 5.11 Å². The molecule has 0 aliphatic carbocycles. The lowest BCUT2D eigenvalue weighted by molar-refractivity contribution is -0.138. The predicted octanol–water partition coefficient (Wildman–Crippen LogP) is 0.818. The van der Waals surface area contributed by atoms with Crippen molar-refractivity contribution in [2.45, 2.75) is 20.3 Å². The van der Waals surface area contributed by atoms with Crippen molar-refractivity contribution in [1.29, 1.82) is 0 Å². The zero-order valence-corrected chi connectivity index (χ0v) is 10.7. The molecule has 17 heavy (non-hydrogen) atoms. The third kappa shape index (κ3) is 6.73. The summed E-state index contributed by atoms with van der Waals surface area (Å²) in [5, 5.41) is 8.62. The smallest absolute Gasteiger partial charge is 0.304 e. The van der Waals surface area contributed by atoms with E-state index in [1.807, 2.05) is 13.8 Å². The summed E-state index contributed by atoms with van der Waals surface area (Å²) in [6.45, 7) is 9.96. The first-order valence-electron chi connectivity index (χ1n) is 5.87. The maximum atomic E-state index is 11.8. The van der Waals surface area contributed by atoms with Gasteiger partial charge in [0.15, 0.2) is 0 Å². The van der Waals surface area contributed by atoms with Crippen LogP contribution < -0.4 is 0 Å². The fraction of sp³-hybridized carbons (Fsp3) is 0.667. The standard InChI is InChI=1S/C12H22N2O3/c1-4-8-13(9-7-12(16)17)10-11(15)14(5-2)6-3/h4H,1,5-10H2,2-3H3,(H,16,17). The molecule has 0 bridgehead atoms. The quantitative estimate of drug-likeness (QED) is 0.608. The second-order valence-electron chi connectivity index (χ2n) is 3.73. The van der Waals surface area contributed by atoms with E-state index in [9.17, 15) is 9.59 Å². The molecule has 5 heteroatoms. The van der Waals surface area contributed by atoms with Gasteiger partial charge >= 0.3 is 5.97 Å². The second kappa shape index (κ2) is 8.75. The van der Waals surface area contributed by atoms with Crippen LogP contribution in [0.2, 0.25) is 0 Å². The number of amides is 1. The lowest BCUT2D eigenvalue weighted by Gasteiger charge is -2.24. The summed E-state index contributed by atoms with van der Waals surface area (Å²) in [5.74, 6) is -0.823. The Balaban J connectivity index is 4.26. The highest BCUT2D eigenvalue weighted by molar-refractivity contribution is 5.78. The molecular formula is C12H22N2O3. The Bertz CT molecular complexity index is 262. The molecule has 0 aromatic carbocycles. The number of nitrogens with zero attached hydrogens (tertiary/aromatic N) is 2. The van der Waals surface area contributed by atoms with E-state index in [1.165, 1.54) is 0 Å². The van der Waals surface area contributed by atoms with Gasteiger partial charge < -0.3 is 10.0 Å². The topological polar surface area (TPSA) is 60.9 Å². The molecule has 0 heterocycles. The molecule has 0 fully saturated rings. The number of carboxylic acid groups (broad SMARTS) is 1. The lowest BCUT2D eigenvalue weighted by atomic mass is 10.3. The van der Waals surface area contributed by atoms with Gasteiger partial charge in [0, 0.05) is 26.2 Å². The number of hydrogen-bond donors (Lipinski definition) is 1. The maximum absolute atomic E-state index is 11.8. The van der Waals surface area contributed by atoms with Crippen LogP contribution in [0.15, 0.2) is 12.7 Å². The molecular weight excluding hydrogens is 220 g/mol. The molecule has 1 N–H and O–H groups in total. The van der Waals surface area contributed by atoms with Gasteiger partial charge in [-0.1, -0.05) is 6.08 Å². The zero-order valence-electron chi connectivity index (χ0n) is 10.7. The van der Waals surface area contributed by atoms with Crippen LogP contribution in [0.4, 0.5) is 0 Å². The van der Waals surface area contributed by atoms with Crippen molar-refractivity contribution < 1.29 is 14.7 Å². The third-order valence-electron chi connectivity index (χ3n) is 2.50. The van der Waals surface area contributed by atoms with Crippen LogP contribution in [-0.2, 0) is 9.59 Å². The highest BCUT2D eigenvalue weighted by Gasteiger charge is 2.14. The molecule has 98 valence electrons. The minimum atomic E-state index is -0.852. The molecule has 5 nitrogen and oxygen atoms in total. The van der Waals surface area contributed by atoms with Crippen molar-refractivity contribution in [1.82, 2.24) is 9.80 Å².